The second-order valence-corrected chi connectivity index (χ2v) is 6.45. The summed E-state index contributed by atoms with van der Waals surface area (Å²) in [6.07, 6.45) is 0.921. The molecule has 104 valence electrons. The van der Waals surface area contributed by atoms with Crippen LogP contribution in [0, 0.1) is 6.92 Å². The highest BCUT2D eigenvalue weighted by molar-refractivity contribution is 6.33. The van der Waals surface area contributed by atoms with Gasteiger partial charge in [-0.3, -0.25) is 0 Å². The van der Waals surface area contributed by atoms with Gasteiger partial charge in [0.25, 0.3) is 0 Å². The van der Waals surface area contributed by atoms with Crippen molar-refractivity contribution in [1.29, 1.82) is 0 Å². The van der Waals surface area contributed by atoms with Gasteiger partial charge in [0.15, 0.2) is 0 Å². The molecule has 0 aromatic heterocycles. The summed E-state index contributed by atoms with van der Waals surface area (Å²) in [7, 11) is 0. The number of rotatable bonds is 3. The smallest absolute Gasteiger partial charge is 0.0439 e. The highest BCUT2D eigenvalue weighted by Crippen LogP contribution is 2.36. The van der Waals surface area contributed by atoms with Crippen molar-refractivity contribution in [2.45, 2.75) is 18.8 Å². The third-order valence-electron chi connectivity index (χ3n) is 4.18. The molecule has 1 nitrogen and oxygen atoms in total. The Kier molecular flexibility index (Phi) is 3.76. The normalized spacial score (nSPS) is 16.8. The van der Waals surface area contributed by atoms with Crippen LogP contribution < -0.4 is 5.32 Å². The minimum Gasteiger partial charge on any atom is -0.315 e. The predicted molar refractivity (Wildman–Crippen MR) is 85.9 cm³/mol. The Morgan fingerprint density at radius 2 is 1.85 bits per heavy atom. The van der Waals surface area contributed by atoms with Gasteiger partial charge < -0.3 is 5.32 Å². The summed E-state index contributed by atoms with van der Waals surface area (Å²) in [6.45, 7) is 4.15. The summed E-state index contributed by atoms with van der Waals surface area (Å²) in [5, 5.41) is 4.95. The molecule has 0 aliphatic carbocycles. The van der Waals surface area contributed by atoms with Gasteiger partial charge in [-0.15, -0.1) is 0 Å². The van der Waals surface area contributed by atoms with Gasteiger partial charge >= 0.3 is 0 Å². The first-order valence-electron chi connectivity index (χ1n) is 6.81. The van der Waals surface area contributed by atoms with Crippen LogP contribution in [0.2, 0.25) is 10.0 Å². The van der Waals surface area contributed by atoms with E-state index < -0.39 is 0 Å². The number of hydrogen-bond donors (Lipinski definition) is 1. The van der Waals surface area contributed by atoms with Gasteiger partial charge in [-0.05, 0) is 48.2 Å². The molecule has 2 aromatic rings. The molecule has 1 aliphatic rings. The SMILES string of the molecule is Cc1ccccc1C1(Cc2cc(Cl)ccc2Cl)CNC1. The molecule has 3 heteroatoms. The molecule has 0 spiro atoms. The highest BCUT2D eigenvalue weighted by Gasteiger charge is 2.39. The first-order chi connectivity index (χ1) is 9.61. The average molecular weight is 306 g/mol. The van der Waals surface area contributed by atoms with Crippen molar-refractivity contribution in [3.8, 4) is 0 Å². The van der Waals surface area contributed by atoms with Crippen LogP contribution in [0.3, 0.4) is 0 Å². The second kappa shape index (κ2) is 5.40. The predicted octanol–water partition coefficient (Wildman–Crippen LogP) is 4.39. The van der Waals surface area contributed by atoms with Gasteiger partial charge in [0.2, 0.25) is 0 Å². The Balaban J connectivity index is 1.98. The Morgan fingerprint density at radius 1 is 1.10 bits per heavy atom. The van der Waals surface area contributed by atoms with Crippen molar-refractivity contribution >= 4 is 23.2 Å². The molecule has 0 unspecified atom stereocenters. The number of aryl methyl sites for hydroxylation is 1. The van der Waals surface area contributed by atoms with E-state index in [9.17, 15) is 0 Å². The van der Waals surface area contributed by atoms with Crippen LogP contribution in [0.5, 0.6) is 0 Å². The monoisotopic (exact) mass is 305 g/mol. The Hall–Kier alpha value is -1.02. The molecule has 0 bridgehead atoms. The maximum absolute atomic E-state index is 6.33. The van der Waals surface area contributed by atoms with Gasteiger partial charge in [-0.2, -0.15) is 0 Å². The molecule has 1 heterocycles. The largest absolute Gasteiger partial charge is 0.315 e. The molecule has 20 heavy (non-hydrogen) atoms. The molecular formula is C17H17Cl2N. The van der Waals surface area contributed by atoms with E-state index in [1.165, 1.54) is 11.1 Å². The fraction of sp³-hybridized carbons (Fsp3) is 0.294. The van der Waals surface area contributed by atoms with Crippen LogP contribution in [0.15, 0.2) is 42.5 Å². The van der Waals surface area contributed by atoms with Gasteiger partial charge in [0.1, 0.15) is 0 Å². The lowest BCUT2D eigenvalue weighted by Gasteiger charge is -2.44. The van der Waals surface area contributed by atoms with Crippen molar-refractivity contribution in [3.05, 3.63) is 69.2 Å². The summed E-state index contributed by atoms with van der Waals surface area (Å²) in [6, 6.07) is 14.3. The van der Waals surface area contributed by atoms with E-state index in [0.29, 0.717) is 0 Å². The van der Waals surface area contributed by atoms with Gasteiger partial charge in [0.05, 0.1) is 0 Å². The molecule has 2 aromatic carbocycles. The molecular weight excluding hydrogens is 289 g/mol. The Morgan fingerprint density at radius 3 is 2.50 bits per heavy atom. The van der Waals surface area contributed by atoms with Crippen LogP contribution in [-0.4, -0.2) is 13.1 Å². The molecule has 0 amide bonds. The number of halogens is 2. The first kappa shape index (κ1) is 13.9. The van der Waals surface area contributed by atoms with Gasteiger partial charge in [-0.25, -0.2) is 0 Å². The van der Waals surface area contributed by atoms with E-state index >= 15 is 0 Å². The van der Waals surface area contributed by atoms with E-state index in [0.717, 1.165) is 35.1 Å². The molecule has 1 fully saturated rings. The van der Waals surface area contributed by atoms with Crippen LogP contribution in [-0.2, 0) is 11.8 Å². The van der Waals surface area contributed by atoms with Crippen LogP contribution in [0.25, 0.3) is 0 Å². The number of nitrogens with one attached hydrogen (secondary N) is 1. The zero-order valence-electron chi connectivity index (χ0n) is 11.4. The summed E-state index contributed by atoms with van der Waals surface area (Å²) < 4.78 is 0. The standard InChI is InChI=1S/C17H17Cl2N/c1-12-4-2-3-5-15(12)17(10-20-11-17)9-13-8-14(18)6-7-16(13)19/h2-8,20H,9-11H2,1H3. The summed E-state index contributed by atoms with van der Waals surface area (Å²) >= 11 is 12.4. The lowest BCUT2D eigenvalue weighted by Crippen LogP contribution is -2.58. The molecule has 0 atom stereocenters. The molecule has 1 saturated heterocycles. The molecule has 3 rings (SSSR count). The van der Waals surface area contributed by atoms with Gasteiger partial charge in [0, 0.05) is 28.5 Å². The quantitative estimate of drug-likeness (QED) is 0.887. The topological polar surface area (TPSA) is 12.0 Å². The van der Waals surface area contributed by atoms with Crippen molar-refractivity contribution in [2.75, 3.05) is 13.1 Å². The van der Waals surface area contributed by atoms with E-state index in [1.807, 2.05) is 18.2 Å². The van der Waals surface area contributed by atoms with E-state index in [-0.39, 0.29) is 5.41 Å². The Labute approximate surface area is 129 Å². The summed E-state index contributed by atoms with van der Waals surface area (Å²) in [4.78, 5) is 0. The highest BCUT2D eigenvalue weighted by atomic mass is 35.5. The van der Waals surface area contributed by atoms with Crippen molar-refractivity contribution < 1.29 is 0 Å². The Bertz CT molecular complexity index is 633. The van der Waals surface area contributed by atoms with Crippen LogP contribution in [0.1, 0.15) is 16.7 Å². The average Bonchev–Trinajstić information content (AvgIpc) is 2.39. The fourth-order valence-electron chi connectivity index (χ4n) is 3.05. The van der Waals surface area contributed by atoms with Crippen molar-refractivity contribution in [1.82, 2.24) is 5.32 Å². The van der Waals surface area contributed by atoms with Crippen molar-refractivity contribution in [2.24, 2.45) is 0 Å². The van der Waals surface area contributed by atoms with Crippen LogP contribution in [0.4, 0.5) is 0 Å². The third kappa shape index (κ3) is 2.46. The summed E-state index contributed by atoms with van der Waals surface area (Å²) in [5.74, 6) is 0. The van der Waals surface area contributed by atoms with E-state index in [4.69, 9.17) is 23.2 Å². The second-order valence-electron chi connectivity index (χ2n) is 5.61. The molecule has 1 aliphatic heterocycles. The van der Waals surface area contributed by atoms with Gasteiger partial charge in [-0.1, -0.05) is 47.5 Å². The zero-order chi connectivity index (χ0) is 14.2. The lowest BCUT2D eigenvalue weighted by atomic mass is 9.69. The maximum Gasteiger partial charge on any atom is 0.0439 e. The first-order valence-corrected chi connectivity index (χ1v) is 7.57. The minimum atomic E-state index is 0.139. The summed E-state index contributed by atoms with van der Waals surface area (Å²) in [5.41, 5.74) is 4.02. The molecule has 0 radical (unpaired) electrons. The third-order valence-corrected chi connectivity index (χ3v) is 4.78. The maximum atomic E-state index is 6.33. The number of benzene rings is 2. The lowest BCUT2D eigenvalue weighted by molar-refractivity contribution is 0.273. The van der Waals surface area contributed by atoms with Crippen molar-refractivity contribution in [3.63, 3.8) is 0 Å². The zero-order valence-corrected chi connectivity index (χ0v) is 12.9. The fourth-order valence-corrected chi connectivity index (χ4v) is 3.43. The molecule has 0 saturated carbocycles. The molecule has 1 N–H and O–H groups in total. The van der Waals surface area contributed by atoms with E-state index in [1.54, 1.807) is 0 Å². The van der Waals surface area contributed by atoms with Crippen LogP contribution >= 0.6 is 23.2 Å². The van der Waals surface area contributed by atoms with E-state index in [2.05, 4.69) is 36.5 Å². The minimum absolute atomic E-state index is 0.139. The number of hydrogen-bond acceptors (Lipinski definition) is 1.